The van der Waals surface area contributed by atoms with Gasteiger partial charge >= 0.3 is 11.9 Å². The number of carbonyl (C=O) groups is 2. The van der Waals surface area contributed by atoms with E-state index in [4.69, 9.17) is 9.84 Å². The van der Waals surface area contributed by atoms with Crippen LogP contribution in [0.4, 0.5) is 11.4 Å². The minimum absolute atomic E-state index is 0.0939. The number of esters is 1. The number of hydrogen-bond donors (Lipinski definition) is 1. The Morgan fingerprint density at radius 3 is 2.05 bits per heavy atom. The van der Waals surface area contributed by atoms with E-state index in [1.165, 1.54) is 24.6 Å². The Kier molecular flexibility index (Phi) is 12.0. The number of benzene rings is 3. The number of nitrogens with zero attached hydrogens (tertiary/aromatic N) is 2. The fourth-order valence-electron chi connectivity index (χ4n) is 3.41. The van der Waals surface area contributed by atoms with Gasteiger partial charge in [0.15, 0.2) is 0 Å². The molecule has 3 aromatic carbocycles. The molecule has 0 aliphatic heterocycles. The molecule has 0 unspecified atom stereocenters. The molecule has 0 fully saturated rings. The molecule has 0 saturated carbocycles. The zero-order chi connectivity index (χ0) is 28.1. The molecule has 38 heavy (non-hydrogen) atoms. The third-order valence-corrected chi connectivity index (χ3v) is 6.06. The summed E-state index contributed by atoms with van der Waals surface area (Å²) in [6.45, 7) is 2.49. The topological polar surface area (TPSA) is 150 Å². The molecule has 0 radical (unpaired) electrons. The average molecular weight is 587 g/mol. The van der Waals surface area contributed by atoms with Crippen LogP contribution < -0.4 is 0 Å². The fraction of sp³-hybridized carbons (Fsp3) is 0.259. The molecule has 0 amide bonds. The second-order valence-electron chi connectivity index (χ2n) is 8.13. The van der Waals surface area contributed by atoms with Crippen molar-refractivity contribution in [3.05, 3.63) is 103 Å². The maximum absolute atomic E-state index is 12.1. The molecule has 0 aliphatic carbocycles. The Labute approximate surface area is 227 Å². The summed E-state index contributed by atoms with van der Waals surface area (Å²) in [6, 6.07) is 17.2. The third-order valence-electron chi connectivity index (χ3n) is 5.39. The number of aromatic carboxylic acids is 1. The van der Waals surface area contributed by atoms with Crippen LogP contribution in [0.15, 0.2) is 71.2 Å². The molecule has 0 bridgehead atoms. The molecule has 0 saturated heterocycles. The van der Waals surface area contributed by atoms with Gasteiger partial charge in [-0.3, -0.25) is 20.2 Å². The number of unbranched alkanes of at least 4 members (excludes halogenated alkanes) is 4. The molecule has 0 heterocycles. The number of carboxylic acids is 1. The molecule has 3 rings (SSSR count). The van der Waals surface area contributed by atoms with Gasteiger partial charge in [0.2, 0.25) is 0 Å². The van der Waals surface area contributed by atoms with Gasteiger partial charge in [-0.2, -0.15) is 0 Å². The van der Waals surface area contributed by atoms with Crippen LogP contribution in [0.5, 0.6) is 0 Å². The summed E-state index contributed by atoms with van der Waals surface area (Å²) < 4.78 is 5.49. The summed E-state index contributed by atoms with van der Waals surface area (Å²) in [5.74, 6) is -1.70. The fourth-order valence-corrected chi connectivity index (χ4v) is 3.80. The number of nitro benzene ring substituents is 2. The first-order valence-corrected chi connectivity index (χ1v) is 12.6. The van der Waals surface area contributed by atoms with E-state index in [1.807, 2.05) is 18.2 Å². The highest BCUT2D eigenvalue weighted by Gasteiger charge is 2.19. The maximum Gasteiger partial charge on any atom is 0.338 e. The molecule has 200 valence electrons. The Morgan fingerprint density at radius 1 is 0.842 bits per heavy atom. The quantitative estimate of drug-likeness (QED) is 0.105. The van der Waals surface area contributed by atoms with Crippen LogP contribution in [0.3, 0.4) is 0 Å². The summed E-state index contributed by atoms with van der Waals surface area (Å²) in [5.41, 5.74) is 0.991. The van der Waals surface area contributed by atoms with Crippen LogP contribution in [0.2, 0.25) is 0 Å². The predicted octanol–water partition coefficient (Wildman–Crippen LogP) is 7.44. The van der Waals surface area contributed by atoms with Gasteiger partial charge in [-0.25, -0.2) is 9.59 Å². The molecular weight excluding hydrogens is 560 g/mol. The van der Waals surface area contributed by atoms with Crippen LogP contribution in [-0.4, -0.2) is 33.5 Å². The van der Waals surface area contributed by atoms with Crippen LogP contribution in [0.1, 0.15) is 59.7 Å². The molecule has 0 spiro atoms. The lowest BCUT2D eigenvalue weighted by Crippen LogP contribution is -2.07. The van der Waals surface area contributed by atoms with Gasteiger partial charge in [-0.1, -0.05) is 62.9 Å². The number of hydrogen-bond acceptors (Lipinski definition) is 7. The summed E-state index contributed by atoms with van der Waals surface area (Å²) in [6.07, 6.45) is 5.31. The van der Waals surface area contributed by atoms with Crippen molar-refractivity contribution >= 4 is 39.2 Å². The number of rotatable bonds is 11. The molecule has 3 aromatic rings. The minimum atomic E-state index is -1.18. The van der Waals surface area contributed by atoms with Gasteiger partial charge in [0.1, 0.15) is 0 Å². The zero-order valence-corrected chi connectivity index (χ0v) is 22.3. The highest BCUT2D eigenvalue weighted by Crippen LogP contribution is 2.31. The monoisotopic (exact) mass is 586 g/mol. The zero-order valence-electron chi connectivity index (χ0n) is 20.7. The number of nitro groups is 2. The molecule has 10 nitrogen and oxygen atoms in total. The first kappa shape index (κ1) is 30.1. The van der Waals surface area contributed by atoms with Crippen molar-refractivity contribution in [2.24, 2.45) is 0 Å². The summed E-state index contributed by atoms with van der Waals surface area (Å²) in [5, 5.41) is 30.3. The van der Waals surface area contributed by atoms with Gasteiger partial charge < -0.3 is 9.84 Å². The van der Waals surface area contributed by atoms with E-state index < -0.39 is 21.8 Å². The van der Waals surface area contributed by atoms with Crippen LogP contribution in [-0.2, 0) is 4.74 Å². The van der Waals surface area contributed by atoms with Crippen LogP contribution >= 0.6 is 15.9 Å². The van der Waals surface area contributed by atoms with E-state index in [0.717, 1.165) is 37.3 Å². The van der Waals surface area contributed by atoms with Crippen molar-refractivity contribution in [1.82, 2.24) is 0 Å². The smallest absolute Gasteiger partial charge is 0.338 e. The molecule has 11 heteroatoms. The predicted molar refractivity (Wildman–Crippen MR) is 145 cm³/mol. The van der Waals surface area contributed by atoms with Gasteiger partial charge in [-0.15, -0.1) is 0 Å². The second-order valence-corrected chi connectivity index (χ2v) is 8.99. The summed E-state index contributed by atoms with van der Waals surface area (Å²) in [7, 11) is 0. The van der Waals surface area contributed by atoms with Gasteiger partial charge in [-0.05, 0) is 52.2 Å². The maximum atomic E-state index is 12.1. The van der Waals surface area contributed by atoms with E-state index in [2.05, 4.69) is 22.9 Å². The minimum Gasteiger partial charge on any atom is -0.478 e. The number of ether oxygens (including phenoxy) is 1. The summed E-state index contributed by atoms with van der Waals surface area (Å²) >= 11 is 2.95. The molecule has 1 N–H and O–H groups in total. The van der Waals surface area contributed by atoms with Crippen molar-refractivity contribution in [1.29, 1.82) is 0 Å². The van der Waals surface area contributed by atoms with E-state index in [0.29, 0.717) is 12.2 Å². The molecular formula is C27H27BrN2O8. The first-order chi connectivity index (χ1) is 18.1. The van der Waals surface area contributed by atoms with Crippen molar-refractivity contribution in [2.45, 2.75) is 39.0 Å². The van der Waals surface area contributed by atoms with Crippen LogP contribution in [0.25, 0.3) is 11.1 Å². The average Bonchev–Trinajstić information content (AvgIpc) is 2.91. The van der Waals surface area contributed by atoms with Crippen molar-refractivity contribution in [3.63, 3.8) is 0 Å². The number of carbonyl (C=O) groups excluding carboxylic acids is 1. The molecule has 0 aromatic heterocycles. The highest BCUT2D eigenvalue weighted by atomic mass is 79.9. The van der Waals surface area contributed by atoms with Crippen molar-refractivity contribution in [2.75, 3.05) is 6.61 Å². The summed E-state index contributed by atoms with van der Waals surface area (Å²) in [4.78, 5) is 43.2. The Morgan fingerprint density at radius 2 is 1.45 bits per heavy atom. The normalized spacial score (nSPS) is 10.2. The van der Waals surface area contributed by atoms with E-state index >= 15 is 0 Å². The van der Waals surface area contributed by atoms with Gasteiger partial charge in [0.05, 0.1) is 37.6 Å². The van der Waals surface area contributed by atoms with E-state index in [9.17, 15) is 29.8 Å². The lowest BCUT2D eigenvalue weighted by molar-refractivity contribution is -0.385. The lowest BCUT2D eigenvalue weighted by Gasteiger charge is -2.07. The third kappa shape index (κ3) is 9.07. The van der Waals surface area contributed by atoms with Gasteiger partial charge in [0, 0.05) is 12.1 Å². The Balaban J connectivity index is 0.000000328. The number of carboxylic acid groups (broad SMARTS) is 1. The molecule has 0 atom stereocenters. The van der Waals surface area contributed by atoms with E-state index in [1.54, 1.807) is 24.3 Å². The highest BCUT2D eigenvalue weighted by molar-refractivity contribution is 9.10. The van der Waals surface area contributed by atoms with Crippen LogP contribution in [0, 0.1) is 20.2 Å². The number of halogens is 1. The first-order valence-electron chi connectivity index (χ1n) is 11.8. The van der Waals surface area contributed by atoms with Gasteiger partial charge in [0.25, 0.3) is 11.4 Å². The van der Waals surface area contributed by atoms with Crippen molar-refractivity contribution < 1.29 is 29.3 Å². The Hall–Kier alpha value is -4.12. The Bertz CT molecular complexity index is 1280. The van der Waals surface area contributed by atoms with Crippen molar-refractivity contribution in [3.8, 4) is 11.1 Å². The largest absolute Gasteiger partial charge is 0.478 e. The lowest BCUT2D eigenvalue weighted by atomic mass is 10.0. The SMILES string of the molecule is CCCCCCCOC(=O)c1ccc(-c2ccccc2)c([N+](=O)[O-])c1.O=C(O)c1ccc(Br)c([N+](=O)[O-])c1. The molecule has 0 aliphatic rings. The standard InChI is InChI=1S/C20H23NO4.C7H4BrNO4/c1-2-3-4-5-9-14-25-20(22)17-12-13-18(19(15-17)21(23)24)16-10-7-6-8-11-16;8-5-2-1-4(7(10)11)3-6(5)9(12)13/h6-8,10-13,15H,2-5,9,14H2,1H3;1-3H,(H,10,11). The second kappa shape index (κ2) is 15.2. The van der Waals surface area contributed by atoms with E-state index in [-0.39, 0.29) is 27.0 Å².